The van der Waals surface area contributed by atoms with E-state index in [9.17, 15) is 9.59 Å². The van der Waals surface area contributed by atoms with Crippen molar-refractivity contribution in [3.05, 3.63) is 35.4 Å². The maximum absolute atomic E-state index is 12.9. The molecule has 0 aromatic heterocycles. The van der Waals surface area contributed by atoms with Crippen LogP contribution in [0.2, 0.25) is 0 Å². The van der Waals surface area contributed by atoms with Gasteiger partial charge in [-0.15, -0.1) is 0 Å². The Morgan fingerprint density at radius 2 is 0.793 bits per heavy atom. The number of Topliss-reactive ketones (excluding diaryl/α,β-unsaturated/α-hetero) is 2. The van der Waals surface area contributed by atoms with Gasteiger partial charge in [-0.2, -0.15) is 0 Å². The van der Waals surface area contributed by atoms with Gasteiger partial charge >= 0.3 is 0 Å². The van der Waals surface area contributed by atoms with Crippen molar-refractivity contribution in [1.82, 2.24) is 0 Å². The summed E-state index contributed by atoms with van der Waals surface area (Å²) in [6, 6.07) is 6.04. The summed E-state index contributed by atoms with van der Waals surface area (Å²) in [5.41, 5.74) is 0.413. The van der Waals surface area contributed by atoms with Crippen molar-refractivity contribution in [1.29, 1.82) is 0 Å². The molecule has 0 unspecified atom stereocenters. The second-order valence-electron chi connectivity index (χ2n) is 5.84. The summed E-state index contributed by atoms with van der Waals surface area (Å²) in [5, 5.41) is 0. The zero-order valence-corrected chi connectivity index (χ0v) is 17.3. The lowest BCUT2D eigenvalue weighted by Gasteiger charge is -2.15. The molecule has 0 aliphatic carbocycles. The molecule has 2 aromatic rings. The Labute approximate surface area is 169 Å². The topological polar surface area (TPSA) is 89.5 Å². The van der Waals surface area contributed by atoms with Crippen LogP contribution in [-0.4, -0.2) is 54.2 Å². The molecule has 0 saturated heterocycles. The molecule has 0 bridgehead atoms. The van der Waals surface area contributed by atoms with E-state index in [0.717, 1.165) is 0 Å². The Hall–Kier alpha value is -3.42. The standard InChI is InChI=1S/C21H24O8/c1-24-16-10-20(28-5)18(26-3)7-12(16)14(22)9-15(23)13-8-19(27-4)21(29-6)11-17(13)25-2/h7-8,10-11H,9H2,1-6H3. The van der Waals surface area contributed by atoms with Gasteiger partial charge in [0.25, 0.3) is 0 Å². The van der Waals surface area contributed by atoms with Crippen LogP contribution in [-0.2, 0) is 0 Å². The number of hydrogen-bond acceptors (Lipinski definition) is 8. The molecule has 2 rings (SSSR count). The number of ketones is 2. The smallest absolute Gasteiger partial charge is 0.174 e. The molecule has 2 aromatic carbocycles. The number of ether oxygens (including phenoxy) is 6. The number of carbonyl (C=O) groups is 2. The van der Waals surface area contributed by atoms with Gasteiger partial charge in [-0.3, -0.25) is 9.59 Å². The van der Waals surface area contributed by atoms with Gasteiger partial charge in [0.1, 0.15) is 11.5 Å². The summed E-state index contributed by atoms with van der Waals surface area (Å²) < 4.78 is 31.5. The highest BCUT2D eigenvalue weighted by Crippen LogP contribution is 2.37. The van der Waals surface area contributed by atoms with Crippen molar-refractivity contribution in [2.45, 2.75) is 6.42 Å². The van der Waals surface area contributed by atoms with Gasteiger partial charge in [-0.05, 0) is 12.1 Å². The van der Waals surface area contributed by atoms with Crippen molar-refractivity contribution in [3.63, 3.8) is 0 Å². The largest absolute Gasteiger partial charge is 0.496 e. The molecular weight excluding hydrogens is 380 g/mol. The van der Waals surface area contributed by atoms with Gasteiger partial charge in [-0.25, -0.2) is 0 Å². The fourth-order valence-corrected chi connectivity index (χ4v) is 2.83. The normalized spacial score (nSPS) is 10.1. The predicted molar refractivity (Wildman–Crippen MR) is 105 cm³/mol. The lowest BCUT2D eigenvalue weighted by Crippen LogP contribution is -2.12. The van der Waals surface area contributed by atoms with E-state index in [1.54, 1.807) is 0 Å². The van der Waals surface area contributed by atoms with E-state index in [-0.39, 0.29) is 22.6 Å². The number of hydrogen-bond donors (Lipinski definition) is 0. The van der Waals surface area contributed by atoms with Gasteiger partial charge in [0.05, 0.1) is 60.2 Å². The van der Waals surface area contributed by atoms with Crippen molar-refractivity contribution < 1.29 is 38.0 Å². The zero-order chi connectivity index (χ0) is 21.6. The summed E-state index contributed by atoms with van der Waals surface area (Å²) >= 11 is 0. The average Bonchev–Trinajstić information content (AvgIpc) is 2.76. The predicted octanol–water partition coefficient (Wildman–Crippen LogP) is 3.19. The molecule has 29 heavy (non-hydrogen) atoms. The third-order valence-corrected chi connectivity index (χ3v) is 4.33. The van der Waals surface area contributed by atoms with Gasteiger partial charge in [-0.1, -0.05) is 0 Å². The molecule has 0 saturated carbocycles. The Morgan fingerprint density at radius 3 is 1.07 bits per heavy atom. The summed E-state index contributed by atoms with van der Waals surface area (Å²) in [7, 11) is 8.72. The van der Waals surface area contributed by atoms with Crippen LogP contribution in [0.1, 0.15) is 27.1 Å². The Balaban J connectivity index is 2.40. The highest BCUT2D eigenvalue weighted by molar-refractivity contribution is 6.15. The molecule has 156 valence electrons. The summed E-state index contributed by atoms with van der Waals surface area (Å²) in [5.74, 6) is 1.21. The lowest BCUT2D eigenvalue weighted by molar-refractivity contribution is 0.0890. The van der Waals surface area contributed by atoms with Crippen LogP contribution in [0.25, 0.3) is 0 Å². The van der Waals surface area contributed by atoms with Crippen LogP contribution < -0.4 is 28.4 Å². The Bertz CT molecular complexity index is 831. The van der Waals surface area contributed by atoms with Gasteiger partial charge in [0.2, 0.25) is 0 Å². The summed E-state index contributed by atoms with van der Waals surface area (Å²) in [4.78, 5) is 25.7. The van der Waals surface area contributed by atoms with E-state index in [2.05, 4.69) is 0 Å². The first-order chi connectivity index (χ1) is 13.9. The molecule has 0 spiro atoms. The third kappa shape index (κ3) is 4.53. The fourth-order valence-electron chi connectivity index (χ4n) is 2.83. The monoisotopic (exact) mass is 404 g/mol. The number of carbonyl (C=O) groups excluding carboxylic acids is 2. The van der Waals surface area contributed by atoms with Crippen LogP contribution in [0.4, 0.5) is 0 Å². The first kappa shape index (κ1) is 21.9. The van der Waals surface area contributed by atoms with Crippen molar-refractivity contribution in [2.75, 3.05) is 42.7 Å². The van der Waals surface area contributed by atoms with E-state index in [1.165, 1.54) is 66.9 Å². The van der Waals surface area contributed by atoms with Crippen LogP contribution in [0.5, 0.6) is 34.5 Å². The maximum Gasteiger partial charge on any atom is 0.174 e. The first-order valence-electron chi connectivity index (χ1n) is 8.60. The molecule has 8 heteroatoms. The van der Waals surface area contributed by atoms with Crippen LogP contribution in [0, 0.1) is 0 Å². The molecule has 0 N–H and O–H groups in total. The molecule has 0 aliphatic rings. The Morgan fingerprint density at radius 1 is 0.517 bits per heavy atom. The van der Waals surface area contributed by atoms with E-state index >= 15 is 0 Å². The molecule has 0 atom stereocenters. The summed E-state index contributed by atoms with van der Waals surface area (Å²) in [6.45, 7) is 0. The van der Waals surface area contributed by atoms with E-state index in [4.69, 9.17) is 28.4 Å². The SMILES string of the molecule is COc1cc(OC)c(C(=O)CC(=O)c2cc(OC)c(OC)cc2OC)cc1OC. The van der Waals surface area contributed by atoms with Crippen LogP contribution in [0.3, 0.4) is 0 Å². The minimum Gasteiger partial charge on any atom is -0.496 e. The second-order valence-corrected chi connectivity index (χ2v) is 5.84. The van der Waals surface area contributed by atoms with Crippen LogP contribution in [0.15, 0.2) is 24.3 Å². The molecule has 0 amide bonds. The zero-order valence-electron chi connectivity index (χ0n) is 17.3. The van der Waals surface area contributed by atoms with E-state index < -0.39 is 18.0 Å². The second kappa shape index (κ2) is 9.68. The van der Waals surface area contributed by atoms with Gasteiger partial charge < -0.3 is 28.4 Å². The van der Waals surface area contributed by atoms with E-state index in [0.29, 0.717) is 23.0 Å². The van der Waals surface area contributed by atoms with Crippen molar-refractivity contribution in [2.24, 2.45) is 0 Å². The molecule has 0 radical (unpaired) electrons. The number of benzene rings is 2. The van der Waals surface area contributed by atoms with Crippen LogP contribution >= 0.6 is 0 Å². The maximum atomic E-state index is 12.9. The third-order valence-electron chi connectivity index (χ3n) is 4.33. The quantitative estimate of drug-likeness (QED) is 0.441. The highest BCUT2D eigenvalue weighted by atomic mass is 16.5. The van der Waals surface area contributed by atoms with E-state index in [1.807, 2.05) is 0 Å². The van der Waals surface area contributed by atoms with Crippen molar-refractivity contribution in [3.8, 4) is 34.5 Å². The van der Waals surface area contributed by atoms with Gasteiger partial charge in [0.15, 0.2) is 34.6 Å². The number of rotatable bonds is 10. The minimum atomic E-state index is -0.440. The Kier molecular flexibility index (Phi) is 7.30. The molecular formula is C21H24O8. The fraction of sp³-hybridized carbons (Fsp3) is 0.333. The lowest BCUT2D eigenvalue weighted by atomic mass is 9.99. The summed E-state index contributed by atoms with van der Waals surface area (Å²) in [6.07, 6.45) is -0.405. The van der Waals surface area contributed by atoms with Gasteiger partial charge in [0, 0.05) is 12.1 Å². The molecule has 8 nitrogen and oxygen atoms in total. The average molecular weight is 404 g/mol. The molecule has 0 aliphatic heterocycles. The first-order valence-corrected chi connectivity index (χ1v) is 8.60. The number of methoxy groups -OCH3 is 6. The minimum absolute atomic E-state index is 0.206. The highest BCUT2D eigenvalue weighted by Gasteiger charge is 2.24. The molecule has 0 fully saturated rings. The molecule has 0 heterocycles. The van der Waals surface area contributed by atoms with Crippen molar-refractivity contribution >= 4 is 11.6 Å².